The highest BCUT2D eigenvalue weighted by molar-refractivity contribution is 5.30. The first kappa shape index (κ1) is 13.6. The first-order valence-electron chi connectivity index (χ1n) is 6.40. The monoisotopic (exact) mass is 261 g/mol. The van der Waals surface area contributed by atoms with Crippen LogP contribution in [-0.2, 0) is 11.3 Å². The molecule has 0 aliphatic rings. The number of rotatable bonds is 7. The van der Waals surface area contributed by atoms with Crippen LogP contribution in [0.25, 0.3) is 5.69 Å². The quantitative estimate of drug-likeness (QED) is 0.810. The van der Waals surface area contributed by atoms with Crippen molar-refractivity contribution in [2.75, 3.05) is 13.7 Å². The maximum absolute atomic E-state index is 5.16. The zero-order valence-electron chi connectivity index (χ0n) is 11.3. The van der Waals surface area contributed by atoms with Gasteiger partial charge >= 0.3 is 0 Å². The van der Waals surface area contributed by atoms with E-state index in [1.807, 2.05) is 30.3 Å². The predicted molar refractivity (Wildman–Crippen MR) is 71.9 cm³/mol. The molecule has 2 aromatic rings. The summed E-state index contributed by atoms with van der Waals surface area (Å²) in [6.07, 6.45) is 1.00. The third-order valence-electron chi connectivity index (χ3n) is 2.94. The Hall–Kier alpha value is -1.79. The van der Waals surface area contributed by atoms with Crippen LogP contribution in [0.2, 0.25) is 0 Å². The zero-order chi connectivity index (χ0) is 13.5. The van der Waals surface area contributed by atoms with Crippen molar-refractivity contribution >= 4 is 0 Å². The van der Waals surface area contributed by atoms with Crippen LogP contribution < -0.4 is 5.32 Å². The fourth-order valence-electron chi connectivity index (χ4n) is 1.84. The molecule has 102 valence electrons. The number of methoxy groups -OCH3 is 1. The Bertz CT molecular complexity index is 485. The fourth-order valence-corrected chi connectivity index (χ4v) is 1.84. The normalized spacial score (nSPS) is 12.5. The molecule has 2 rings (SSSR count). The summed E-state index contributed by atoms with van der Waals surface area (Å²) in [7, 11) is 1.71. The summed E-state index contributed by atoms with van der Waals surface area (Å²) in [5.74, 6) is 0.792. The molecule has 0 aliphatic carbocycles. The van der Waals surface area contributed by atoms with Crippen LogP contribution in [0.1, 0.15) is 19.2 Å². The van der Waals surface area contributed by atoms with Crippen LogP contribution >= 0.6 is 0 Å². The van der Waals surface area contributed by atoms with Gasteiger partial charge in [-0.3, -0.25) is 0 Å². The van der Waals surface area contributed by atoms with E-state index in [9.17, 15) is 0 Å². The van der Waals surface area contributed by atoms with Gasteiger partial charge in [-0.15, -0.1) is 5.10 Å². The van der Waals surface area contributed by atoms with Crippen molar-refractivity contribution in [2.24, 2.45) is 0 Å². The lowest BCUT2D eigenvalue weighted by Crippen LogP contribution is -2.33. The van der Waals surface area contributed by atoms with E-state index in [4.69, 9.17) is 4.74 Å². The minimum Gasteiger partial charge on any atom is -0.383 e. The van der Waals surface area contributed by atoms with Crippen molar-refractivity contribution in [3.05, 3.63) is 36.2 Å². The highest BCUT2D eigenvalue weighted by Crippen LogP contribution is 2.07. The minimum absolute atomic E-state index is 0.311. The molecule has 0 amide bonds. The second-order valence-corrected chi connectivity index (χ2v) is 4.28. The van der Waals surface area contributed by atoms with Gasteiger partial charge in [0.05, 0.1) is 18.8 Å². The van der Waals surface area contributed by atoms with Gasteiger partial charge < -0.3 is 10.1 Å². The van der Waals surface area contributed by atoms with E-state index >= 15 is 0 Å². The van der Waals surface area contributed by atoms with Crippen molar-refractivity contribution in [2.45, 2.75) is 25.9 Å². The number of hydrogen-bond acceptors (Lipinski definition) is 5. The van der Waals surface area contributed by atoms with Crippen molar-refractivity contribution in [1.29, 1.82) is 0 Å². The number of para-hydroxylation sites is 1. The molecule has 1 aromatic heterocycles. The van der Waals surface area contributed by atoms with Gasteiger partial charge in [0.1, 0.15) is 0 Å². The maximum atomic E-state index is 5.16. The maximum Gasteiger partial charge on any atom is 0.170 e. The van der Waals surface area contributed by atoms with Gasteiger partial charge in [0.2, 0.25) is 0 Å². The molecular weight excluding hydrogens is 242 g/mol. The van der Waals surface area contributed by atoms with E-state index in [0.717, 1.165) is 17.9 Å². The van der Waals surface area contributed by atoms with Gasteiger partial charge in [-0.2, -0.15) is 4.68 Å². The Morgan fingerprint density at radius 1 is 1.32 bits per heavy atom. The van der Waals surface area contributed by atoms with E-state index in [1.54, 1.807) is 11.8 Å². The average Bonchev–Trinajstić information content (AvgIpc) is 2.93. The molecular formula is C13H19N5O. The average molecular weight is 261 g/mol. The van der Waals surface area contributed by atoms with Crippen LogP contribution in [0.3, 0.4) is 0 Å². The smallest absolute Gasteiger partial charge is 0.170 e. The lowest BCUT2D eigenvalue weighted by molar-refractivity contribution is 0.163. The number of ether oxygens (including phenoxy) is 1. The van der Waals surface area contributed by atoms with E-state index in [0.29, 0.717) is 19.2 Å². The molecule has 6 nitrogen and oxygen atoms in total. The molecule has 0 bridgehead atoms. The predicted octanol–water partition coefficient (Wildman–Crippen LogP) is 1.18. The van der Waals surface area contributed by atoms with E-state index in [1.165, 1.54) is 0 Å². The molecule has 0 radical (unpaired) electrons. The van der Waals surface area contributed by atoms with Gasteiger partial charge in [0, 0.05) is 13.2 Å². The molecule has 0 saturated heterocycles. The standard InChI is InChI=1S/C13H19N5O/c1-3-11(10-19-2)14-9-13-15-16-17-18(13)12-7-5-4-6-8-12/h4-8,11,14H,3,9-10H2,1-2H3. The van der Waals surface area contributed by atoms with E-state index < -0.39 is 0 Å². The molecule has 1 heterocycles. The SMILES string of the molecule is CCC(COC)NCc1nnnn1-c1ccccc1. The van der Waals surface area contributed by atoms with Gasteiger partial charge in [-0.05, 0) is 29.0 Å². The third-order valence-corrected chi connectivity index (χ3v) is 2.94. The summed E-state index contributed by atoms with van der Waals surface area (Å²) in [6.45, 7) is 3.42. The van der Waals surface area contributed by atoms with E-state index in [2.05, 4.69) is 27.8 Å². The number of nitrogens with one attached hydrogen (secondary N) is 1. The Morgan fingerprint density at radius 2 is 2.11 bits per heavy atom. The number of hydrogen-bond donors (Lipinski definition) is 1. The first-order valence-corrected chi connectivity index (χ1v) is 6.40. The van der Waals surface area contributed by atoms with Crippen molar-refractivity contribution in [3.8, 4) is 5.69 Å². The molecule has 0 aliphatic heterocycles. The topological polar surface area (TPSA) is 64.9 Å². The molecule has 1 atom stereocenters. The lowest BCUT2D eigenvalue weighted by atomic mass is 10.2. The molecule has 0 spiro atoms. The van der Waals surface area contributed by atoms with Crippen LogP contribution in [0.15, 0.2) is 30.3 Å². The summed E-state index contributed by atoms with van der Waals surface area (Å²) >= 11 is 0. The number of aromatic nitrogens is 4. The van der Waals surface area contributed by atoms with Gasteiger partial charge in [-0.25, -0.2) is 0 Å². The lowest BCUT2D eigenvalue weighted by Gasteiger charge is -2.15. The molecule has 1 unspecified atom stereocenters. The highest BCUT2D eigenvalue weighted by Gasteiger charge is 2.10. The Labute approximate surface area is 112 Å². The van der Waals surface area contributed by atoms with Gasteiger partial charge in [0.25, 0.3) is 0 Å². The third kappa shape index (κ3) is 3.59. The van der Waals surface area contributed by atoms with Gasteiger partial charge in [0.15, 0.2) is 5.82 Å². The molecule has 0 fully saturated rings. The molecule has 19 heavy (non-hydrogen) atoms. The molecule has 0 saturated carbocycles. The number of tetrazole rings is 1. The Kier molecular flexibility index (Phi) is 5.00. The number of benzene rings is 1. The molecule has 1 aromatic carbocycles. The van der Waals surface area contributed by atoms with Crippen LogP contribution in [0.5, 0.6) is 0 Å². The Balaban J connectivity index is 2.04. The minimum atomic E-state index is 0.311. The first-order chi connectivity index (χ1) is 9.35. The van der Waals surface area contributed by atoms with Crippen LogP contribution in [0, 0.1) is 0 Å². The van der Waals surface area contributed by atoms with Crippen molar-refractivity contribution in [1.82, 2.24) is 25.5 Å². The van der Waals surface area contributed by atoms with Crippen molar-refractivity contribution in [3.63, 3.8) is 0 Å². The second-order valence-electron chi connectivity index (χ2n) is 4.28. The summed E-state index contributed by atoms with van der Waals surface area (Å²) in [5, 5.41) is 15.2. The van der Waals surface area contributed by atoms with Crippen LogP contribution in [-0.4, -0.2) is 40.0 Å². The fraction of sp³-hybridized carbons (Fsp3) is 0.462. The summed E-state index contributed by atoms with van der Waals surface area (Å²) < 4.78 is 6.90. The van der Waals surface area contributed by atoms with Crippen molar-refractivity contribution < 1.29 is 4.74 Å². The molecule has 6 heteroatoms. The zero-order valence-corrected chi connectivity index (χ0v) is 11.3. The second kappa shape index (κ2) is 6.96. The summed E-state index contributed by atoms with van der Waals surface area (Å²) in [5.41, 5.74) is 0.962. The van der Waals surface area contributed by atoms with E-state index in [-0.39, 0.29) is 0 Å². The summed E-state index contributed by atoms with van der Waals surface area (Å²) in [4.78, 5) is 0. The molecule has 1 N–H and O–H groups in total. The highest BCUT2D eigenvalue weighted by atomic mass is 16.5. The van der Waals surface area contributed by atoms with Gasteiger partial charge in [-0.1, -0.05) is 25.1 Å². The number of nitrogens with zero attached hydrogens (tertiary/aromatic N) is 4. The van der Waals surface area contributed by atoms with Crippen LogP contribution in [0.4, 0.5) is 0 Å². The largest absolute Gasteiger partial charge is 0.383 e. The Morgan fingerprint density at radius 3 is 2.79 bits per heavy atom. The summed E-state index contributed by atoms with van der Waals surface area (Å²) in [6, 6.07) is 10.2.